The van der Waals surface area contributed by atoms with Crippen molar-refractivity contribution in [1.82, 2.24) is 4.98 Å². The first-order valence-corrected chi connectivity index (χ1v) is 7.69. The van der Waals surface area contributed by atoms with Gasteiger partial charge in [-0.1, -0.05) is 13.3 Å². The average Bonchev–Trinajstić information content (AvgIpc) is 2.49. The van der Waals surface area contributed by atoms with Crippen molar-refractivity contribution in [3.05, 3.63) is 22.9 Å². The summed E-state index contributed by atoms with van der Waals surface area (Å²) in [5, 5.41) is 9.29. The average molecular weight is 293 g/mol. The first kappa shape index (κ1) is 15.8. The first-order valence-electron chi connectivity index (χ1n) is 7.69. The number of hydrogen-bond donors (Lipinski definition) is 1. The smallest absolute Gasteiger partial charge is 0.341 e. The fourth-order valence-corrected chi connectivity index (χ4v) is 2.42. The van der Waals surface area contributed by atoms with Gasteiger partial charge in [-0.15, -0.1) is 0 Å². The second-order valence-electron chi connectivity index (χ2n) is 5.27. The highest BCUT2D eigenvalue weighted by molar-refractivity contribution is 5.90. The zero-order chi connectivity index (χ0) is 15.1. The maximum absolute atomic E-state index is 11.3. The van der Waals surface area contributed by atoms with Crippen molar-refractivity contribution >= 4 is 5.97 Å². The summed E-state index contributed by atoms with van der Waals surface area (Å²) < 4.78 is 10.9. The SMILES string of the molecule is CCCCOCCOc1nc2c(cc1C(=O)O)CCCC2. The molecule has 0 saturated heterocycles. The molecule has 116 valence electrons. The zero-order valence-corrected chi connectivity index (χ0v) is 12.6. The summed E-state index contributed by atoms with van der Waals surface area (Å²) >= 11 is 0. The predicted octanol–water partition coefficient (Wildman–Crippen LogP) is 2.85. The molecule has 0 fully saturated rings. The van der Waals surface area contributed by atoms with E-state index in [1.54, 1.807) is 6.07 Å². The Hall–Kier alpha value is -1.62. The largest absolute Gasteiger partial charge is 0.477 e. The van der Waals surface area contributed by atoms with Crippen molar-refractivity contribution < 1.29 is 19.4 Å². The predicted molar refractivity (Wildman–Crippen MR) is 79.1 cm³/mol. The minimum absolute atomic E-state index is 0.157. The number of aryl methyl sites for hydroxylation is 2. The van der Waals surface area contributed by atoms with Crippen LogP contribution in [0.2, 0.25) is 0 Å². The van der Waals surface area contributed by atoms with Crippen molar-refractivity contribution in [3.63, 3.8) is 0 Å². The van der Waals surface area contributed by atoms with Gasteiger partial charge in [0.25, 0.3) is 0 Å². The maximum atomic E-state index is 11.3. The number of aromatic carboxylic acids is 1. The van der Waals surface area contributed by atoms with Gasteiger partial charge in [-0.2, -0.15) is 0 Å². The van der Waals surface area contributed by atoms with Crippen LogP contribution in [0.4, 0.5) is 0 Å². The number of fused-ring (bicyclic) bond motifs is 1. The molecule has 0 bridgehead atoms. The number of pyridine rings is 1. The van der Waals surface area contributed by atoms with Crippen LogP contribution in [0, 0.1) is 0 Å². The first-order chi connectivity index (χ1) is 10.2. The molecule has 0 aromatic carbocycles. The number of nitrogens with zero attached hydrogens (tertiary/aromatic N) is 1. The molecule has 5 heteroatoms. The lowest BCUT2D eigenvalue weighted by Crippen LogP contribution is -2.14. The Bertz CT molecular complexity index is 487. The number of unbranched alkanes of at least 4 members (excludes halogenated alkanes) is 1. The highest BCUT2D eigenvalue weighted by Crippen LogP contribution is 2.26. The highest BCUT2D eigenvalue weighted by Gasteiger charge is 2.19. The van der Waals surface area contributed by atoms with Crippen molar-refractivity contribution in [2.45, 2.75) is 45.4 Å². The van der Waals surface area contributed by atoms with Gasteiger partial charge < -0.3 is 14.6 Å². The molecule has 0 aliphatic heterocycles. The van der Waals surface area contributed by atoms with Gasteiger partial charge in [0, 0.05) is 12.3 Å². The lowest BCUT2D eigenvalue weighted by Gasteiger charge is -2.17. The third kappa shape index (κ3) is 4.43. The third-order valence-corrected chi connectivity index (χ3v) is 3.60. The van der Waals surface area contributed by atoms with E-state index in [2.05, 4.69) is 11.9 Å². The molecule has 0 saturated carbocycles. The fourth-order valence-electron chi connectivity index (χ4n) is 2.42. The molecule has 0 unspecified atom stereocenters. The zero-order valence-electron chi connectivity index (χ0n) is 12.6. The van der Waals surface area contributed by atoms with E-state index in [1.807, 2.05) is 0 Å². The molecule has 0 amide bonds. The molecule has 1 N–H and O–H groups in total. The number of hydrogen-bond acceptors (Lipinski definition) is 4. The van der Waals surface area contributed by atoms with Crippen LogP contribution in [0.15, 0.2) is 6.07 Å². The third-order valence-electron chi connectivity index (χ3n) is 3.60. The van der Waals surface area contributed by atoms with Crippen molar-refractivity contribution in [1.29, 1.82) is 0 Å². The van der Waals surface area contributed by atoms with Crippen LogP contribution in [-0.4, -0.2) is 35.9 Å². The Balaban J connectivity index is 1.98. The molecule has 1 aliphatic carbocycles. The van der Waals surface area contributed by atoms with Crippen LogP contribution >= 0.6 is 0 Å². The molecular weight excluding hydrogens is 270 g/mol. The molecule has 21 heavy (non-hydrogen) atoms. The Morgan fingerprint density at radius 3 is 2.86 bits per heavy atom. The van der Waals surface area contributed by atoms with Crippen LogP contribution in [0.1, 0.15) is 54.2 Å². The van der Waals surface area contributed by atoms with E-state index in [-0.39, 0.29) is 11.4 Å². The van der Waals surface area contributed by atoms with Gasteiger partial charge in [0.15, 0.2) is 0 Å². The Labute approximate surface area is 125 Å². The summed E-state index contributed by atoms with van der Waals surface area (Å²) in [4.78, 5) is 15.7. The molecule has 0 radical (unpaired) electrons. The maximum Gasteiger partial charge on any atom is 0.341 e. The quantitative estimate of drug-likeness (QED) is 0.746. The van der Waals surface area contributed by atoms with Crippen LogP contribution < -0.4 is 4.74 Å². The van der Waals surface area contributed by atoms with E-state index in [9.17, 15) is 9.90 Å². The summed E-state index contributed by atoms with van der Waals surface area (Å²) in [6.45, 7) is 3.60. The molecule has 1 aliphatic rings. The van der Waals surface area contributed by atoms with Gasteiger partial charge in [0.05, 0.1) is 6.61 Å². The second-order valence-corrected chi connectivity index (χ2v) is 5.27. The normalized spacial score (nSPS) is 13.8. The summed E-state index contributed by atoms with van der Waals surface area (Å²) in [6.07, 6.45) is 6.13. The number of carboxylic acids is 1. The number of aromatic nitrogens is 1. The molecule has 0 spiro atoms. The standard InChI is InChI=1S/C16H23NO4/c1-2-3-8-20-9-10-21-15-13(16(18)19)11-12-6-4-5-7-14(12)17-15/h11H,2-10H2,1H3,(H,18,19). The minimum atomic E-state index is -0.988. The number of carboxylic acid groups (broad SMARTS) is 1. The molecule has 1 heterocycles. The molecule has 1 aromatic heterocycles. The topological polar surface area (TPSA) is 68.7 Å². The Morgan fingerprint density at radius 1 is 1.29 bits per heavy atom. The van der Waals surface area contributed by atoms with Crippen molar-refractivity contribution in [3.8, 4) is 5.88 Å². The van der Waals surface area contributed by atoms with E-state index in [1.165, 1.54) is 0 Å². The molecule has 1 aromatic rings. The molecule has 5 nitrogen and oxygen atoms in total. The molecule has 0 atom stereocenters. The van der Waals surface area contributed by atoms with E-state index >= 15 is 0 Å². The fraction of sp³-hybridized carbons (Fsp3) is 0.625. The summed E-state index contributed by atoms with van der Waals surface area (Å²) in [5.41, 5.74) is 2.18. The van der Waals surface area contributed by atoms with Crippen LogP contribution in [0.25, 0.3) is 0 Å². The Kier molecular flexibility index (Phi) is 5.99. The van der Waals surface area contributed by atoms with Gasteiger partial charge in [-0.25, -0.2) is 9.78 Å². The van der Waals surface area contributed by atoms with E-state index < -0.39 is 5.97 Å². The number of carbonyl (C=O) groups is 1. The second kappa shape index (κ2) is 7.98. The number of rotatable bonds is 8. The lowest BCUT2D eigenvalue weighted by atomic mass is 9.95. The summed E-state index contributed by atoms with van der Waals surface area (Å²) in [6, 6.07) is 1.72. The van der Waals surface area contributed by atoms with E-state index in [0.717, 1.165) is 49.8 Å². The van der Waals surface area contributed by atoms with Crippen LogP contribution in [0.5, 0.6) is 5.88 Å². The highest BCUT2D eigenvalue weighted by atomic mass is 16.5. The lowest BCUT2D eigenvalue weighted by molar-refractivity contribution is 0.0682. The van der Waals surface area contributed by atoms with E-state index in [4.69, 9.17) is 9.47 Å². The van der Waals surface area contributed by atoms with E-state index in [0.29, 0.717) is 19.8 Å². The van der Waals surface area contributed by atoms with Crippen molar-refractivity contribution in [2.24, 2.45) is 0 Å². The van der Waals surface area contributed by atoms with Crippen LogP contribution in [0.3, 0.4) is 0 Å². The Morgan fingerprint density at radius 2 is 2.10 bits per heavy atom. The molecule has 2 rings (SSSR count). The van der Waals surface area contributed by atoms with Crippen molar-refractivity contribution in [2.75, 3.05) is 19.8 Å². The summed E-state index contributed by atoms with van der Waals surface area (Å²) in [7, 11) is 0. The van der Waals surface area contributed by atoms with Gasteiger partial charge >= 0.3 is 5.97 Å². The minimum Gasteiger partial charge on any atom is -0.477 e. The monoisotopic (exact) mass is 293 g/mol. The van der Waals surface area contributed by atoms with Gasteiger partial charge in [0.2, 0.25) is 5.88 Å². The summed E-state index contributed by atoms with van der Waals surface area (Å²) in [5.74, 6) is -0.764. The van der Waals surface area contributed by atoms with Gasteiger partial charge in [-0.3, -0.25) is 0 Å². The number of ether oxygens (including phenoxy) is 2. The molecular formula is C16H23NO4. The van der Waals surface area contributed by atoms with Gasteiger partial charge in [-0.05, 0) is 43.7 Å². The van der Waals surface area contributed by atoms with Gasteiger partial charge in [0.1, 0.15) is 12.2 Å². The van der Waals surface area contributed by atoms with Crippen LogP contribution in [-0.2, 0) is 17.6 Å².